The molecule has 1 amide bonds. The van der Waals surface area contributed by atoms with Gasteiger partial charge in [0.25, 0.3) is 5.91 Å². The third kappa shape index (κ3) is 4.34. The summed E-state index contributed by atoms with van der Waals surface area (Å²) in [5.74, 6) is -0.962. The van der Waals surface area contributed by atoms with Crippen LogP contribution in [0.4, 0.5) is 10.1 Å². The van der Waals surface area contributed by atoms with Crippen molar-refractivity contribution in [2.24, 2.45) is 5.92 Å². The summed E-state index contributed by atoms with van der Waals surface area (Å²) >= 11 is 0. The van der Waals surface area contributed by atoms with Crippen molar-refractivity contribution >= 4 is 11.6 Å². The molecule has 5 heteroatoms. The largest absolute Gasteiger partial charge is 0.345 e. The van der Waals surface area contributed by atoms with Crippen molar-refractivity contribution in [3.8, 4) is 0 Å². The number of halogens is 1. The molecule has 1 heterocycles. The first-order chi connectivity index (χ1) is 13.2. The summed E-state index contributed by atoms with van der Waals surface area (Å²) in [6.45, 7) is 12.1. The summed E-state index contributed by atoms with van der Waals surface area (Å²) in [5.41, 5.74) is 2.57. The van der Waals surface area contributed by atoms with Gasteiger partial charge < -0.3 is 9.88 Å². The number of carbonyl (C=O) groups is 1. The summed E-state index contributed by atoms with van der Waals surface area (Å²) in [6, 6.07) is 5.87. The lowest BCUT2D eigenvalue weighted by molar-refractivity contribution is 0.102. The number of amides is 1. The molecule has 2 aromatic rings. The zero-order valence-electron chi connectivity index (χ0n) is 17.8. The summed E-state index contributed by atoms with van der Waals surface area (Å²) in [4.78, 5) is 25.6. The van der Waals surface area contributed by atoms with Crippen LogP contribution in [0.1, 0.15) is 67.0 Å². The van der Waals surface area contributed by atoms with E-state index in [4.69, 9.17) is 0 Å². The Hall–Kier alpha value is -2.43. The molecule has 0 aliphatic carbocycles. The van der Waals surface area contributed by atoms with Gasteiger partial charge in [0.15, 0.2) is 5.82 Å². The Labute approximate surface area is 166 Å². The molecular formula is C23H31FN2O2. The lowest BCUT2D eigenvalue weighted by atomic mass is 10.0. The number of rotatable bonds is 7. The van der Waals surface area contributed by atoms with E-state index in [0.29, 0.717) is 18.2 Å². The number of carbonyl (C=O) groups excluding carboxylic acids is 1. The highest BCUT2D eigenvalue weighted by atomic mass is 19.1. The van der Waals surface area contributed by atoms with Gasteiger partial charge in [-0.1, -0.05) is 45.9 Å². The Morgan fingerprint density at radius 1 is 1.11 bits per heavy atom. The van der Waals surface area contributed by atoms with Gasteiger partial charge in [0.1, 0.15) is 5.56 Å². The highest BCUT2D eigenvalue weighted by Gasteiger charge is 2.23. The zero-order chi connectivity index (χ0) is 21.0. The fraction of sp³-hybridized carbons (Fsp3) is 0.478. The Bertz CT molecular complexity index is 907. The molecule has 4 nitrogen and oxygen atoms in total. The van der Waals surface area contributed by atoms with E-state index in [2.05, 4.69) is 19.2 Å². The minimum atomic E-state index is -0.848. The van der Waals surface area contributed by atoms with Crippen molar-refractivity contribution in [2.75, 3.05) is 5.32 Å². The van der Waals surface area contributed by atoms with Crippen molar-refractivity contribution < 1.29 is 9.18 Å². The number of aryl methyl sites for hydroxylation is 2. The number of hydrogen-bond donors (Lipinski definition) is 1. The van der Waals surface area contributed by atoms with Gasteiger partial charge in [0.05, 0.1) is 5.69 Å². The topological polar surface area (TPSA) is 51.1 Å². The average Bonchev–Trinajstić information content (AvgIpc) is 2.66. The first kappa shape index (κ1) is 21.9. The SMILES string of the molecule is CCc1cccc(CC)c1NC(=O)c1c(C)n(CCC(C)C)c(C)c(F)c1=O. The van der Waals surface area contributed by atoms with E-state index in [-0.39, 0.29) is 11.3 Å². The van der Waals surface area contributed by atoms with Crippen molar-refractivity contribution in [3.63, 3.8) is 0 Å². The Morgan fingerprint density at radius 2 is 1.68 bits per heavy atom. The highest BCUT2D eigenvalue weighted by Crippen LogP contribution is 2.24. The lowest BCUT2D eigenvalue weighted by Gasteiger charge is -2.20. The van der Waals surface area contributed by atoms with E-state index in [1.807, 2.05) is 32.0 Å². The summed E-state index contributed by atoms with van der Waals surface area (Å²) in [6.07, 6.45) is 2.34. The molecule has 0 fully saturated rings. The first-order valence-corrected chi connectivity index (χ1v) is 10.0. The number of nitrogens with one attached hydrogen (secondary N) is 1. The predicted molar refractivity (Wildman–Crippen MR) is 113 cm³/mol. The quantitative estimate of drug-likeness (QED) is 0.726. The summed E-state index contributed by atoms with van der Waals surface area (Å²) < 4.78 is 16.4. The number of aromatic nitrogens is 1. The Kier molecular flexibility index (Phi) is 7.17. The molecule has 1 N–H and O–H groups in total. The van der Waals surface area contributed by atoms with E-state index >= 15 is 0 Å². The molecule has 0 bridgehead atoms. The van der Waals surface area contributed by atoms with Crippen molar-refractivity contribution in [1.29, 1.82) is 0 Å². The maximum atomic E-state index is 14.6. The number of pyridine rings is 1. The van der Waals surface area contributed by atoms with Crippen molar-refractivity contribution in [1.82, 2.24) is 4.57 Å². The second-order valence-electron chi connectivity index (χ2n) is 7.64. The smallest absolute Gasteiger partial charge is 0.261 e. The van der Waals surface area contributed by atoms with Gasteiger partial charge in [-0.05, 0) is 50.2 Å². The Balaban J connectivity index is 2.54. The van der Waals surface area contributed by atoms with Crippen LogP contribution >= 0.6 is 0 Å². The number of anilines is 1. The highest BCUT2D eigenvalue weighted by molar-refractivity contribution is 6.05. The maximum Gasteiger partial charge on any atom is 0.261 e. The molecule has 0 radical (unpaired) electrons. The molecule has 0 atom stereocenters. The second-order valence-corrected chi connectivity index (χ2v) is 7.64. The number of para-hydroxylation sites is 1. The first-order valence-electron chi connectivity index (χ1n) is 10.0. The standard InChI is InChI=1S/C23H31FN2O2/c1-7-17-10-9-11-18(8-2)21(17)25-23(28)19-15(5)26(13-12-14(3)4)16(6)20(24)22(19)27/h9-11,14H,7-8,12-13H2,1-6H3,(H,25,28). The third-order valence-electron chi connectivity index (χ3n) is 5.31. The van der Waals surface area contributed by atoms with Gasteiger partial charge in [0, 0.05) is 17.9 Å². The minimum Gasteiger partial charge on any atom is -0.345 e. The van der Waals surface area contributed by atoms with Crippen LogP contribution in [0.5, 0.6) is 0 Å². The normalized spacial score (nSPS) is 11.1. The van der Waals surface area contributed by atoms with E-state index in [0.717, 1.165) is 36.1 Å². The molecule has 0 saturated heterocycles. The molecule has 152 valence electrons. The maximum absolute atomic E-state index is 14.6. The molecule has 0 unspecified atom stereocenters. The lowest BCUT2D eigenvalue weighted by Crippen LogP contribution is -2.30. The van der Waals surface area contributed by atoms with Crippen molar-refractivity contribution in [3.05, 3.63) is 62.3 Å². The molecule has 1 aromatic carbocycles. The Morgan fingerprint density at radius 3 is 2.18 bits per heavy atom. The molecular weight excluding hydrogens is 355 g/mol. The predicted octanol–water partition coefficient (Wildman–Crippen LogP) is 5.03. The van der Waals surface area contributed by atoms with Gasteiger partial charge in [-0.25, -0.2) is 4.39 Å². The molecule has 0 aliphatic rings. The molecule has 2 rings (SSSR count). The fourth-order valence-electron chi connectivity index (χ4n) is 3.51. The number of hydrogen-bond acceptors (Lipinski definition) is 2. The summed E-state index contributed by atoms with van der Waals surface area (Å²) in [7, 11) is 0. The van der Waals surface area contributed by atoms with E-state index in [1.54, 1.807) is 18.4 Å². The van der Waals surface area contributed by atoms with Crippen LogP contribution in [0, 0.1) is 25.6 Å². The van der Waals surface area contributed by atoms with Crippen LogP contribution in [-0.4, -0.2) is 10.5 Å². The monoisotopic (exact) mass is 386 g/mol. The van der Waals surface area contributed by atoms with E-state index in [1.165, 1.54) is 0 Å². The van der Waals surface area contributed by atoms with Crippen molar-refractivity contribution in [2.45, 2.75) is 67.3 Å². The molecule has 0 spiro atoms. The molecule has 28 heavy (non-hydrogen) atoms. The fourth-order valence-corrected chi connectivity index (χ4v) is 3.51. The van der Waals surface area contributed by atoms with E-state index in [9.17, 15) is 14.0 Å². The van der Waals surface area contributed by atoms with Gasteiger partial charge in [-0.3, -0.25) is 9.59 Å². The van der Waals surface area contributed by atoms with E-state index < -0.39 is 17.2 Å². The number of nitrogens with zero attached hydrogens (tertiary/aromatic N) is 1. The zero-order valence-corrected chi connectivity index (χ0v) is 17.8. The third-order valence-corrected chi connectivity index (χ3v) is 5.31. The van der Waals surface area contributed by atoms with Crippen LogP contribution in [0.15, 0.2) is 23.0 Å². The van der Waals surface area contributed by atoms with Gasteiger partial charge >= 0.3 is 0 Å². The van der Waals surface area contributed by atoms with Gasteiger partial charge in [0.2, 0.25) is 5.43 Å². The molecule has 0 saturated carbocycles. The van der Waals surface area contributed by atoms with Crippen LogP contribution in [-0.2, 0) is 19.4 Å². The average molecular weight is 387 g/mol. The van der Waals surface area contributed by atoms with Gasteiger partial charge in [-0.2, -0.15) is 0 Å². The van der Waals surface area contributed by atoms with Crippen LogP contribution < -0.4 is 10.7 Å². The number of benzene rings is 1. The van der Waals surface area contributed by atoms with Crippen LogP contribution in [0.25, 0.3) is 0 Å². The van der Waals surface area contributed by atoms with Crippen LogP contribution in [0.2, 0.25) is 0 Å². The summed E-state index contributed by atoms with van der Waals surface area (Å²) in [5, 5.41) is 2.90. The molecule has 1 aromatic heterocycles. The van der Waals surface area contributed by atoms with Crippen LogP contribution in [0.3, 0.4) is 0 Å². The van der Waals surface area contributed by atoms with Gasteiger partial charge in [-0.15, -0.1) is 0 Å². The molecule has 0 aliphatic heterocycles. The minimum absolute atomic E-state index is 0.111. The second kappa shape index (κ2) is 9.18.